The number of methoxy groups -OCH3 is 1. The Labute approximate surface area is 101 Å². The van der Waals surface area contributed by atoms with Crippen LogP contribution in [0.25, 0.3) is 0 Å². The summed E-state index contributed by atoms with van der Waals surface area (Å²) in [4.78, 5) is 11.1. The second-order valence-corrected chi connectivity index (χ2v) is 3.60. The molecule has 5 heteroatoms. The average Bonchev–Trinajstić information content (AvgIpc) is 2.35. The topological polar surface area (TPSA) is 73.6 Å². The van der Waals surface area contributed by atoms with Gasteiger partial charge in [-0.1, -0.05) is 0 Å². The van der Waals surface area contributed by atoms with Gasteiger partial charge in [0.1, 0.15) is 18.1 Å². The van der Waals surface area contributed by atoms with Gasteiger partial charge in [0, 0.05) is 0 Å². The summed E-state index contributed by atoms with van der Waals surface area (Å²) >= 11 is 0. The van der Waals surface area contributed by atoms with Crippen molar-refractivity contribution in [1.82, 2.24) is 5.32 Å². The lowest BCUT2D eigenvalue weighted by molar-refractivity contribution is -0.122. The molecule has 1 aromatic carbocycles. The molecule has 1 aromatic rings. The maximum absolute atomic E-state index is 11.1. The molecule has 0 aliphatic rings. The van der Waals surface area contributed by atoms with E-state index in [1.807, 2.05) is 24.3 Å². The monoisotopic (exact) mass is 238 g/mol. The van der Waals surface area contributed by atoms with Gasteiger partial charge in [0.15, 0.2) is 0 Å². The largest absolute Gasteiger partial charge is 0.497 e. The highest BCUT2D eigenvalue weighted by molar-refractivity contribution is 5.80. The normalized spacial score (nSPS) is 11.7. The van der Waals surface area contributed by atoms with Gasteiger partial charge in [-0.15, -0.1) is 0 Å². The standard InChI is InChI=1S/C12H18N2O3/c1-9(13)12(15)14-7-8-17-11-5-3-10(16-2)4-6-11/h3-6,9H,7-8,13H2,1-2H3,(H,14,15)/t9-/m0/s1. The smallest absolute Gasteiger partial charge is 0.236 e. The molecule has 0 heterocycles. The van der Waals surface area contributed by atoms with Crippen LogP contribution in [-0.2, 0) is 4.79 Å². The molecule has 1 atom stereocenters. The van der Waals surface area contributed by atoms with Gasteiger partial charge < -0.3 is 20.5 Å². The van der Waals surface area contributed by atoms with E-state index < -0.39 is 6.04 Å². The quantitative estimate of drug-likeness (QED) is 0.709. The Morgan fingerprint density at radius 2 is 1.94 bits per heavy atom. The number of benzene rings is 1. The lowest BCUT2D eigenvalue weighted by Gasteiger charge is -2.09. The molecule has 0 spiro atoms. The van der Waals surface area contributed by atoms with Gasteiger partial charge in [0.2, 0.25) is 5.91 Å². The van der Waals surface area contributed by atoms with E-state index in [1.54, 1.807) is 14.0 Å². The van der Waals surface area contributed by atoms with Crippen molar-refractivity contribution in [3.63, 3.8) is 0 Å². The summed E-state index contributed by atoms with van der Waals surface area (Å²) in [6, 6.07) is 6.76. The van der Waals surface area contributed by atoms with E-state index in [9.17, 15) is 4.79 Å². The number of nitrogens with one attached hydrogen (secondary N) is 1. The Hall–Kier alpha value is -1.75. The highest BCUT2D eigenvalue weighted by Gasteiger charge is 2.05. The van der Waals surface area contributed by atoms with Gasteiger partial charge in [-0.2, -0.15) is 0 Å². The van der Waals surface area contributed by atoms with Gasteiger partial charge in [-0.25, -0.2) is 0 Å². The fourth-order valence-electron chi connectivity index (χ4n) is 1.18. The van der Waals surface area contributed by atoms with Crippen molar-refractivity contribution in [3.8, 4) is 11.5 Å². The van der Waals surface area contributed by atoms with Gasteiger partial charge in [-0.3, -0.25) is 4.79 Å². The summed E-state index contributed by atoms with van der Waals surface area (Å²) in [5.41, 5.74) is 5.39. The van der Waals surface area contributed by atoms with E-state index in [4.69, 9.17) is 15.2 Å². The number of ether oxygens (including phenoxy) is 2. The third-order valence-corrected chi connectivity index (χ3v) is 2.14. The second-order valence-electron chi connectivity index (χ2n) is 3.60. The molecular formula is C12H18N2O3. The summed E-state index contributed by atoms with van der Waals surface area (Å²) in [6.45, 7) is 2.48. The van der Waals surface area contributed by atoms with Crippen LogP contribution in [0, 0.1) is 0 Å². The maximum atomic E-state index is 11.1. The first kappa shape index (κ1) is 13.3. The molecule has 0 radical (unpaired) electrons. The molecule has 0 aromatic heterocycles. The Kier molecular flexibility index (Phi) is 5.29. The van der Waals surface area contributed by atoms with Gasteiger partial charge in [0.25, 0.3) is 0 Å². The highest BCUT2D eigenvalue weighted by Crippen LogP contribution is 2.16. The predicted molar refractivity (Wildman–Crippen MR) is 65.1 cm³/mol. The van der Waals surface area contributed by atoms with Crippen molar-refractivity contribution in [2.24, 2.45) is 5.73 Å². The summed E-state index contributed by atoms with van der Waals surface area (Å²) < 4.78 is 10.5. The molecule has 0 fully saturated rings. The van der Waals surface area contributed by atoms with Crippen molar-refractivity contribution >= 4 is 5.91 Å². The molecule has 0 bridgehead atoms. The van der Waals surface area contributed by atoms with Crippen molar-refractivity contribution in [2.75, 3.05) is 20.3 Å². The lowest BCUT2D eigenvalue weighted by atomic mass is 10.3. The number of rotatable bonds is 6. The Bertz CT molecular complexity index is 349. The molecule has 94 valence electrons. The molecular weight excluding hydrogens is 220 g/mol. The Morgan fingerprint density at radius 1 is 1.35 bits per heavy atom. The molecule has 0 aliphatic heterocycles. The molecule has 17 heavy (non-hydrogen) atoms. The van der Waals surface area contributed by atoms with Crippen LogP contribution < -0.4 is 20.5 Å². The SMILES string of the molecule is COc1ccc(OCCNC(=O)[C@H](C)N)cc1. The predicted octanol–water partition coefficient (Wildman–Crippen LogP) is 0.537. The fraction of sp³-hybridized carbons (Fsp3) is 0.417. The maximum Gasteiger partial charge on any atom is 0.236 e. The Morgan fingerprint density at radius 3 is 2.47 bits per heavy atom. The molecule has 0 unspecified atom stereocenters. The van der Waals surface area contributed by atoms with Crippen molar-refractivity contribution in [2.45, 2.75) is 13.0 Å². The minimum Gasteiger partial charge on any atom is -0.497 e. The Balaban J connectivity index is 2.24. The first-order chi connectivity index (χ1) is 8.13. The molecule has 0 aliphatic carbocycles. The first-order valence-corrected chi connectivity index (χ1v) is 5.43. The highest BCUT2D eigenvalue weighted by atomic mass is 16.5. The third-order valence-electron chi connectivity index (χ3n) is 2.14. The van der Waals surface area contributed by atoms with E-state index in [1.165, 1.54) is 0 Å². The number of hydrogen-bond acceptors (Lipinski definition) is 4. The number of nitrogens with two attached hydrogens (primary N) is 1. The molecule has 0 saturated heterocycles. The summed E-state index contributed by atoms with van der Waals surface area (Å²) in [6.07, 6.45) is 0. The fourth-order valence-corrected chi connectivity index (χ4v) is 1.18. The average molecular weight is 238 g/mol. The number of carbonyl (C=O) groups is 1. The van der Waals surface area contributed by atoms with E-state index in [2.05, 4.69) is 5.32 Å². The van der Waals surface area contributed by atoms with Crippen molar-refractivity contribution < 1.29 is 14.3 Å². The van der Waals surface area contributed by atoms with Gasteiger partial charge in [0.05, 0.1) is 19.7 Å². The minimum absolute atomic E-state index is 0.177. The van der Waals surface area contributed by atoms with E-state index in [-0.39, 0.29) is 5.91 Å². The van der Waals surface area contributed by atoms with E-state index >= 15 is 0 Å². The second kappa shape index (κ2) is 6.75. The zero-order chi connectivity index (χ0) is 12.7. The zero-order valence-corrected chi connectivity index (χ0v) is 10.1. The number of carbonyl (C=O) groups excluding carboxylic acids is 1. The molecule has 1 amide bonds. The number of hydrogen-bond donors (Lipinski definition) is 2. The van der Waals surface area contributed by atoms with Crippen LogP contribution in [0.4, 0.5) is 0 Å². The van der Waals surface area contributed by atoms with Crippen LogP contribution in [0.15, 0.2) is 24.3 Å². The van der Waals surface area contributed by atoms with Crippen LogP contribution in [0.3, 0.4) is 0 Å². The molecule has 3 N–H and O–H groups in total. The van der Waals surface area contributed by atoms with Crippen LogP contribution in [0.1, 0.15) is 6.92 Å². The van der Waals surface area contributed by atoms with Crippen LogP contribution >= 0.6 is 0 Å². The molecule has 5 nitrogen and oxygen atoms in total. The minimum atomic E-state index is -0.490. The summed E-state index contributed by atoms with van der Waals surface area (Å²) in [5, 5.41) is 2.66. The summed E-state index contributed by atoms with van der Waals surface area (Å²) in [5.74, 6) is 1.34. The van der Waals surface area contributed by atoms with E-state index in [0.717, 1.165) is 11.5 Å². The molecule has 0 saturated carbocycles. The van der Waals surface area contributed by atoms with Crippen molar-refractivity contribution in [3.05, 3.63) is 24.3 Å². The van der Waals surface area contributed by atoms with Crippen molar-refractivity contribution in [1.29, 1.82) is 0 Å². The lowest BCUT2D eigenvalue weighted by Crippen LogP contribution is -2.40. The third kappa shape index (κ3) is 4.74. The molecule has 1 rings (SSSR count). The van der Waals surface area contributed by atoms with Gasteiger partial charge >= 0.3 is 0 Å². The van der Waals surface area contributed by atoms with Crippen LogP contribution in [0.5, 0.6) is 11.5 Å². The summed E-state index contributed by atoms with van der Waals surface area (Å²) in [7, 11) is 1.61. The van der Waals surface area contributed by atoms with Gasteiger partial charge in [-0.05, 0) is 31.2 Å². The van der Waals surface area contributed by atoms with E-state index in [0.29, 0.717) is 13.2 Å². The zero-order valence-electron chi connectivity index (χ0n) is 10.1. The first-order valence-electron chi connectivity index (χ1n) is 5.43. The number of amides is 1. The van der Waals surface area contributed by atoms with Crippen LogP contribution in [-0.4, -0.2) is 32.2 Å². The van der Waals surface area contributed by atoms with Crippen LogP contribution in [0.2, 0.25) is 0 Å².